The topological polar surface area (TPSA) is 81.1 Å². The summed E-state index contributed by atoms with van der Waals surface area (Å²) in [5, 5.41) is 18.7. The number of carbonyl (C=O) groups excluding carboxylic acids is 2. The van der Waals surface area contributed by atoms with Gasteiger partial charge in [0.1, 0.15) is 6.54 Å². The van der Waals surface area contributed by atoms with Gasteiger partial charge in [-0.3, -0.25) is 9.59 Å². The van der Waals surface area contributed by atoms with E-state index < -0.39 is 42.7 Å². The van der Waals surface area contributed by atoms with E-state index >= 15 is 0 Å². The van der Waals surface area contributed by atoms with E-state index in [1.54, 1.807) is 0 Å². The van der Waals surface area contributed by atoms with E-state index in [9.17, 15) is 33.0 Å². The summed E-state index contributed by atoms with van der Waals surface area (Å²) in [5.41, 5.74) is 0. The maximum atomic E-state index is 12.3. The Morgan fingerprint density at radius 3 is 2.25 bits per heavy atom. The quantitative estimate of drug-likeness (QED) is 0.682. The fraction of sp³-hybridized carbons (Fsp3) is 0.818. The summed E-state index contributed by atoms with van der Waals surface area (Å²) in [6, 6.07) is 0. The van der Waals surface area contributed by atoms with E-state index in [0.717, 1.165) is 0 Å². The Hall–Kier alpha value is -1.35. The number of alkyl halides is 3. The second-order valence-corrected chi connectivity index (χ2v) is 5.17. The second-order valence-electron chi connectivity index (χ2n) is 5.17. The van der Waals surface area contributed by atoms with Gasteiger partial charge in [0.05, 0.1) is 18.1 Å². The van der Waals surface area contributed by atoms with Crippen molar-refractivity contribution in [1.82, 2.24) is 9.80 Å². The molecule has 2 amide bonds. The number of β-amino-alcohol motifs (C(OH)–C–C–N with tert-alkyl or cyclic N) is 2. The maximum Gasteiger partial charge on any atom is 0.406 e. The van der Waals surface area contributed by atoms with Crippen LogP contribution in [-0.4, -0.2) is 76.4 Å². The molecule has 2 fully saturated rings. The van der Waals surface area contributed by atoms with Crippen molar-refractivity contribution < 1.29 is 33.0 Å². The third kappa shape index (κ3) is 3.21. The summed E-state index contributed by atoms with van der Waals surface area (Å²) < 4.78 is 36.8. The highest BCUT2D eigenvalue weighted by Gasteiger charge is 2.43. The fourth-order valence-corrected chi connectivity index (χ4v) is 2.51. The lowest BCUT2D eigenvalue weighted by molar-refractivity contribution is -0.157. The molecule has 0 aromatic heterocycles. The van der Waals surface area contributed by atoms with Crippen LogP contribution in [0.5, 0.6) is 0 Å². The zero-order valence-corrected chi connectivity index (χ0v) is 10.5. The van der Waals surface area contributed by atoms with Gasteiger partial charge in [-0.2, -0.15) is 13.2 Å². The molecule has 20 heavy (non-hydrogen) atoms. The van der Waals surface area contributed by atoms with Crippen molar-refractivity contribution in [3.05, 3.63) is 0 Å². The van der Waals surface area contributed by atoms with Gasteiger partial charge in [0.2, 0.25) is 11.8 Å². The third-order valence-corrected chi connectivity index (χ3v) is 3.50. The number of aliphatic hydroxyl groups is 2. The van der Waals surface area contributed by atoms with Crippen LogP contribution in [0.15, 0.2) is 0 Å². The van der Waals surface area contributed by atoms with Crippen molar-refractivity contribution in [3.63, 3.8) is 0 Å². The first-order valence-corrected chi connectivity index (χ1v) is 6.17. The predicted octanol–water partition coefficient (Wildman–Crippen LogP) is -1.04. The van der Waals surface area contributed by atoms with Crippen LogP contribution >= 0.6 is 0 Å². The van der Waals surface area contributed by atoms with Gasteiger partial charge in [-0.25, -0.2) is 0 Å². The molecule has 3 atom stereocenters. The average molecular weight is 296 g/mol. The number of hydrogen-bond acceptors (Lipinski definition) is 4. The molecule has 2 rings (SSSR count). The molecular weight excluding hydrogens is 281 g/mol. The first kappa shape index (κ1) is 15.0. The fourth-order valence-electron chi connectivity index (χ4n) is 2.51. The summed E-state index contributed by atoms with van der Waals surface area (Å²) in [6.45, 7) is -1.77. The van der Waals surface area contributed by atoms with Crippen LogP contribution in [0.25, 0.3) is 0 Å². The standard InChI is InChI=1S/C11H15F3N2O4/c12-11(13,14)5-16-2-6(1-9(16)19)10(20)15-3-7(17)8(18)4-15/h6-8,17-18H,1-5H2. The lowest BCUT2D eigenvalue weighted by atomic mass is 10.1. The SMILES string of the molecule is O=C1CC(C(=O)N2CC(O)C(O)C2)CN1CC(F)(F)F. The zero-order chi connectivity index (χ0) is 15.1. The van der Waals surface area contributed by atoms with Crippen LogP contribution in [0, 0.1) is 5.92 Å². The molecule has 0 aliphatic carbocycles. The molecule has 2 saturated heterocycles. The van der Waals surface area contributed by atoms with Crippen molar-refractivity contribution >= 4 is 11.8 Å². The third-order valence-electron chi connectivity index (χ3n) is 3.50. The summed E-state index contributed by atoms with van der Waals surface area (Å²) in [7, 11) is 0. The Labute approximate surface area is 112 Å². The van der Waals surface area contributed by atoms with E-state index in [4.69, 9.17) is 0 Å². The van der Waals surface area contributed by atoms with Crippen molar-refractivity contribution in [2.24, 2.45) is 5.92 Å². The van der Waals surface area contributed by atoms with E-state index in [2.05, 4.69) is 0 Å². The molecule has 3 unspecified atom stereocenters. The molecule has 0 saturated carbocycles. The van der Waals surface area contributed by atoms with Gasteiger partial charge in [-0.05, 0) is 0 Å². The number of rotatable bonds is 2. The molecule has 0 radical (unpaired) electrons. The smallest absolute Gasteiger partial charge is 0.388 e. The number of hydrogen-bond donors (Lipinski definition) is 2. The minimum atomic E-state index is -4.49. The number of halogens is 3. The van der Waals surface area contributed by atoms with Crippen LogP contribution in [0.2, 0.25) is 0 Å². The Bertz CT molecular complexity index is 405. The average Bonchev–Trinajstić information content (AvgIpc) is 2.82. The first-order valence-electron chi connectivity index (χ1n) is 6.17. The lowest BCUT2D eigenvalue weighted by Gasteiger charge is -2.21. The van der Waals surface area contributed by atoms with Gasteiger partial charge in [-0.1, -0.05) is 0 Å². The van der Waals surface area contributed by atoms with E-state index in [1.807, 2.05) is 0 Å². The molecule has 9 heteroatoms. The van der Waals surface area contributed by atoms with Crippen molar-refractivity contribution in [1.29, 1.82) is 0 Å². The minimum Gasteiger partial charge on any atom is -0.388 e. The summed E-state index contributed by atoms with van der Waals surface area (Å²) in [6.07, 6.45) is -6.87. The number of aliphatic hydroxyl groups excluding tert-OH is 2. The predicted molar refractivity (Wildman–Crippen MR) is 59.3 cm³/mol. The highest BCUT2D eigenvalue weighted by molar-refractivity contribution is 5.89. The van der Waals surface area contributed by atoms with Crippen molar-refractivity contribution in [2.75, 3.05) is 26.2 Å². The Morgan fingerprint density at radius 1 is 1.20 bits per heavy atom. The minimum absolute atomic E-state index is 0.0655. The summed E-state index contributed by atoms with van der Waals surface area (Å²) in [5.74, 6) is -2.05. The first-order chi connectivity index (χ1) is 9.17. The zero-order valence-electron chi connectivity index (χ0n) is 10.5. The van der Waals surface area contributed by atoms with Crippen LogP contribution in [-0.2, 0) is 9.59 Å². The number of amides is 2. The maximum absolute atomic E-state index is 12.3. The Balaban J connectivity index is 1.95. The van der Waals surface area contributed by atoms with Crippen molar-refractivity contribution in [3.8, 4) is 0 Å². The molecule has 2 aliphatic heterocycles. The summed E-state index contributed by atoms with van der Waals surface area (Å²) in [4.78, 5) is 25.3. The number of nitrogens with zero attached hydrogens (tertiary/aromatic N) is 2. The molecule has 2 N–H and O–H groups in total. The Kier molecular flexibility index (Phi) is 3.92. The highest BCUT2D eigenvalue weighted by Crippen LogP contribution is 2.26. The monoisotopic (exact) mass is 296 g/mol. The van der Waals surface area contributed by atoms with Crippen molar-refractivity contribution in [2.45, 2.75) is 24.8 Å². The van der Waals surface area contributed by atoms with Gasteiger partial charge in [0.15, 0.2) is 0 Å². The van der Waals surface area contributed by atoms with Gasteiger partial charge in [0.25, 0.3) is 0 Å². The second kappa shape index (κ2) is 5.21. The highest BCUT2D eigenvalue weighted by atomic mass is 19.4. The van der Waals surface area contributed by atoms with Crippen LogP contribution in [0.1, 0.15) is 6.42 Å². The molecule has 0 bridgehead atoms. The summed E-state index contributed by atoms with van der Waals surface area (Å²) >= 11 is 0. The largest absolute Gasteiger partial charge is 0.406 e. The normalized spacial score (nSPS) is 31.2. The molecule has 114 valence electrons. The van der Waals surface area contributed by atoms with Gasteiger partial charge in [0, 0.05) is 26.1 Å². The van der Waals surface area contributed by atoms with Crippen LogP contribution in [0.4, 0.5) is 13.2 Å². The molecule has 6 nitrogen and oxygen atoms in total. The van der Waals surface area contributed by atoms with E-state index in [0.29, 0.717) is 4.90 Å². The molecule has 2 heterocycles. The van der Waals surface area contributed by atoms with Crippen LogP contribution < -0.4 is 0 Å². The lowest BCUT2D eigenvalue weighted by Crippen LogP contribution is -2.38. The van der Waals surface area contributed by atoms with Gasteiger partial charge >= 0.3 is 6.18 Å². The van der Waals surface area contributed by atoms with Crippen LogP contribution in [0.3, 0.4) is 0 Å². The van der Waals surface area contributed by atoms with E-state index in [-0.39, 0.29) is 26.1 Å². The van der Waals surface area contributed by atoms with Gasteiger partial charge in [-0.15, -0.1) is 0 Å². The molecule has 0 spiro atoms. The number of likely N-dealkylation sites (tertiary alicyclic amines) is 2. The number of carbonyl (C=O) groups is 2. The molecular formula is C11H15F3N2O4. The molecule has 0 aromatic rings. The Morgan fingerprint density at radius 2 is 1.75 bits per heavy atom. The molecule has 2 aliphatic rings. The van der Waals surface area contributed by atoms with E-state index in [1.165, 1.54) is 4.90 Å². The van der Waals surface area contributed by atoms with Gasteiger partial charge < -0.3 is 20.0 Å². The molecule has 0 aromatic carbocycles.